The predicted octanol–water partition coefficient (Wildman–Crippen LogP) is 5.12. The summed E-state index contributed by atoms with van der Waals surface area (Å²) in [6.45, 7) is 11.4. The largest absolute Gasteiger partial charge is 0.325 e. The third-order valence-corrected chi connectivity index (χ3v) is 4.72. The lowest BCUT2D eigenvalue weighted by Crippen LogP contribution is -2.53. The summed E-state index contributed by atoms with van der Waals surface area (Å²) < 4.78 is 0. The van der Waals surface area contributed by atoms with E-state index in [9.17, 15) is 0 Å². The van der Waals surface area contributed by atoms with E-state index in [1.807, 2.05) is 6.07 Å². The van der Waals surface area contributed by atoms with E-state index in [2.05, 4.69) is 46.8 Å². The van der Waals surface area contributed by atoms with Crippen LogP contribution in [0.4, 0.5) is 0 Å². The average Bonchev–Trinajstić information content (AvgIpc) is 2.16. The van der Waals surface area contributed by atoms with E-state index >= 15 is 0 Å². The van der Waals surface area contributed by atoms with Crippen molar-refractivity contribution in [2.45, 2.75) is 65.8 Å². The van der Waals surface area contributed by atoms with Gasteiger partial charge in [0.25, 0.3) is 0 Å². The summed E-state index contributed by atoms with van der Waals surface area (Å²) in [7, 11) is 0. The van der Waals surface area contributed by atoms with Crippen molar-refractivity contribution in [3.8, 4) is 0 Å². The van der Waals surface area contributed by atoms with Crippen molar-refractivity contribution in [3.05, 3.63) is 34.3 Å². The van der Waals surface area contributed by atoms with Crippen molar-refractivity contribution < 1.29 is 0 Å². The van der Waals surface area contributed by atoms with Crippen LogP contribution in [-0.4, -0.2) is 5.54 Å². The molecule has 1 aliphatic rings. The predicted molar refractivity (Wildman–Crippen MR) is 88.2 cm³/mol. The molecule has 1 saturated carbocycles. The zero-order valence-corrected chi connectivity index (χ0v) is 14.3. The SMILES string of the molecule is Cc1ccc(CC2(N)CC(C)(C)CC(C)(C)C2)c(Cl)c1. The zero-order chi connectivity index (χ0) is 15.2. The summed E-state index contributed by atoms with van der Waals surface area (Å²) in [5.41, 5.74) is 9.63. The van der Waals surface area contributed by atoms with Gasteiger partial charge in [0.2, 0.25) is 0 Å². The Morgan fingerprint density at radius 3 is 2.10 bits per heavy atom. The molecule has 0 aromatic heterocycles. The molecule has 20 heavy (non-hydrogen) atoms. The van der Waals surface area contributed by atoms with Gasteiger partial charge < -0.3 is 5.73 Å². The number of rotatable bonds is 2. The van der Waals surface area contributed by atoms with E-state index in [1.165, 1.54) is 17.5 Å². The van der Waals surface area contributed by atoms with E-state index in [0.717, 1.165) is 24.3 Å². The molecule has 0 spiro atoms. The molecule has 2 rings (SSSR count). The average molecular weight is 294 g/mol. The number of hydrogen-bond acceptors (Lipinski definition) is 1. The van der Waals surface area contributed by atoms with Gasteiger partial charge in [-0.15, -0.1) is 0 Å². The lowest BCUT2D eigenvalue weighted by Gasteiger charge is -2.50. The summed E-state index contributed by atoms with van der Waals surface area (Å²) >= 11 is 6.40. The molecule has 0 unspecified atom stereocenters. The quantitative estimate of drug-likeness (QED) is 0.804. The molecule has 1 nitrogen and oxygen atoms in total. The zero-order valence-electron chi connectivity index (χ0n) is 13.5. The molecule has 0 radical (unpaired) electrons. The molecule has 1 aromatic rings. The van der Waals surface area contributed by atoms with Gasteiger partial charge in [-0.2, -0.15) is 0 Å². The van der Waals surface area contributed by atoms with Gasteiger partial charge in [-0.25, -0.2) is 0 Å². The highest BCUT2D eigenvalue weighted by molar-refractivity contribution is 6.31. The third-order valence-electron chi connectivity index (χ3n) is 4.37. The third kappa shape index (κ3) is 3.77. The number of benzene rings is 1. The van der Waals surface area contributed by atoms with E-state index in [1.54, 1.807) is 0 Å². The van der Waals surface area contributed by atoms with Gasteiger partial charge in [0.05, 0.1) is 0 Å². The van der Waals surface area contributed by atoms with Crippen LogP contribution in [0.3, 0.4) is 0 Å². The molecule has 0 bridgehead atoms. The van der Waals surface area contributed by atoms with E-state index in [-0.39, 0.29) is 5.54 Å². The Bertz CT molecular complexity index is 486. The Hall–Kier alpha value is -0.530. The van der Waals surface area contributed by atoms with Crippen LogP contribution in [0, 0.1) is 17.8 Å². The second-order valence-corrected chi connectivity index (χ2v) is 8.90. The maximum absolute atomic E-state index is 6.79. The Morgan fingerprint density at radius 2 is 1.60 bits per heavy atom. The highest BCUT2D eigenvalue weighted by Crippen LogP contribution is 2.50. The molecule has 1 fully saturated rings. The van der Waals surface area contributed by atoms with Gasteiger partial charge >= 0.3 is 0 Å². The lowest BCUT2D eigenvalue weighted by atomic mass is 9.57. The standard InChI is InChI=1S/C18H28ClN/c1-13-6-7-14(15(19)8-13)9-18(20)11-16(2,3)10-17(4,5)12-18/h6-8H,9-12,20H2,1-5H3. The minimum atomic E-state index is -0.149. The number of hydrogen-bond donors (Lipinski definition) is 1. The maximum atomic E-state index is 6.79. The highest BCUT2D eigenvalue weighted by atomic mass is 35.5. The van der Waals surface area contributed by atoms with Gasteiger partial charge in [0.1, 0.15) is 0 Å². The molecule has 0 aliphatic heterocycles. The molecule has 0 atom stereocenters. The number of nitrogens with two attached hydrogens (primary N) is 1. The maximum Gasteiger partial charge on any atom is 0.0441 e. The van der Waals surface area contributed by atoms with Crippen molar-refractivity contribution >= 4 is 11.6 Å². The summed E-state index contributed by atoms with van der Waals surface area (Å²) in [4.78, 5) is 0. The Kier molecular flexibility index (Phi) is 3.99. The molecule has 2 heteroatoms. The second kappa shape index (κ2) is 5.03. The van der Waals surface area contributed by atoms with Crippen LogP contribution in [0.15, 0.2) is 18.2 Å². The molecular weight excluding hydrogens is 266 g/mol. The minimum Gasteiger partial charge on any atom is -0.325 e. The van der Waals surface area contributed by atoms with E-state index in [0.29, 0.717) is 10.8 Å². The van der Waals surface area contributed by atoms with Gasteiger partial charge in [0, 0.05) is 10.6 Å². The summed E-state index contributed by atoms with van der Waals surface area (Å²) in [5.74, 6) is 0. The molecule has 0 saturated heterocycles. The highest BCUT2D eigenvalue weighted by Gasteiger charge is 2.45. The fourth-order valence-corrected chi connectivity index (χ4v) is 4.99. The van der Waals surface area contributed by atoms with E-state index in [4.69, 9.17) is 17.3 Å². The van der Waals surface area contributed by atoms with Crippen LogP contribution in [0.1, 0.15) is 58.1 Å². The van der Waals surface area contributed by atoms with Crippen LogP contribution < -0.4 is 5.73 Å². The van der Waals surface area contributed by atoms with Crippen LogP contribution in [-0.2, 0) is 6.42 Å². The van der Waals surface area contributed by atoms with Crippen LogP contribution in [0.25, 0.3) is 0 Å². The molecule has 0 amide bonds. The summed E-state index contributed by atoms with van der Waals surface area (Å²) in [6.07, 6.45) is 4.24. The van der Waals surface area contributed by atoms with Gasteiger partial charge in [-0.05, 0) is 60.6 Å². The fraction of sp³-hybridized carbons (Fsp3) is 0.667. The first-order valence-corrected chi connectivity index (χ1v) is 7.92. The smallest absolute Gasteiger partial charge is 0.0441 e. The van der Waals surface area contributed by atoms with Gasteiger partial charge in [-0.1, -0.05) is 51.4 Å². The normalized spacial score (nSPS) is 23.6. The lowest BCUT2D eigenvalue weighted by molar-refractivity contribution is 0.0487. The second-order valence-electron chi connectivity index (χ2n) is 8.49. The van der Waals surface area contributed by atoms with Crippen molar-refractivity contribution in [1.29, 1.82) is 0 Å². The Labute approximate surface area is 128 Å². The Morgan fingerprint density at radius 1 is 1.05 bits per heavy atom. The number of aryl methyl sites for hydroxylation is 1. The van der Waals surface area contributed by atoms with Crippen LogP contribution >= 0.6 is 11.6 Å². The van der Waals surface area contributed by atoms with Gasteiger partial charge in [-0.3, -0.25) is 0 Å². The van der Waals surface area contributed by atoms with Crippen molar-refractivity contribution in [2.24, 2.45) is 16.6 Å². The van der Waals surface area contributed by atoms with Crippen LogP contribution in [0.5, 0.6) is 0 Å². The molecular formula is C18H28ClN. The number of halogens is 1. The van der Waals surface area contributed by atoms with Crippen molar-refractivity contribution in [3.63, 3.8) is 0 Å². The van der Waals surface area contributed by atoms with Crippen LogP contribution in [0.2, 0.25) is 5.02 Å². The van der Waals surface area contributed by atoms with Crippen molar-refractivity contribution in [2.75, 3.05) is 0 Å². The molecule has 1 aliphatic carbocycles. The fourth-order valence-electron chi connectivity index (χ4n) is 4.69. The first-order chi connectivity index (χ1) is 9.00. The summed E-state index contributed by atoms with van der Waals surface area (Å²) in [5, 5.41) is 0.857. The van der Waals surface area contributed by atoms with E-state index < -0.39 is 0 Å². The molecule has 1 aromatic carbocycles. The molecule has 2 N–H and O–H groups in total. The monoisotopic (exact) mass is 293 g/mol. The van der Waals surface area contributed by atoms with Crippen molar-refractivity contribution in [1.82, 2.24) is 0 Å². The molecule has 0 heterocycles. The summed E-state index contributed by atoms with van der Waals surface area (Å²) in [6, 6.07) is 6.31. The first kappa shape index (κ1) is 15.9. The van der Waals surface area contributed by atoms with Gasteiger partial charge in [0.15, 0.2) is 0 Å². The molecule has 112 valence electrons. The minimum absolute atomic E-state index is 0.149. The first-order valence-electron chi connectivity index (χ1n) is 7.54. The Balaban J connectivity index is 2.26. The topological polar surface area (TPSA) is 26.0 Å².